The molecule has 4 nitrogen and oxygen atoms in total. The SMILES string of the molecule is C=CCN(C/C=C/CCCCN(CC=C)C(=O)C=C)C(=O)C=C. The topological polar surface area (TPSA) is 40.6 Å². The van der Waals surface area contributed by atoms with E-state index in [0.717, 1.165) is 19.3 Å². The van der Waals surface area contributed by atoms with Crippen LogP contribution in [0.1, 0.15) is 19.3 Å². The van der Waals surface area contributed by atoms with Crippen LogP contribution in [0.15, 0.2) is 62.8 Å². The Hall–Kier alpha value is -2.36. The van der Waals surface area contributed by atoms with E-state index < -0.39 is 0 Å². The minimum atomic E-state index is -0.0995. The van der Waals surface area contributed by atoms with Gasteiger partial charge in [-0.3, -0.25) is 9.59 Å². The highest BCUT2D eigenvalue weighted by atomic mass is 16.2. The Morgan fingerprint density at radius 3 is 1.87 bits per heavy atom. The molecule has 0 aliphatic rings. The molecule has 0 radical (unpaired) electrons. The lowest BCUT2D eigenvalue weighted by atomic mass is 10.2. The standard InChI is InChI=1S/C19H28N2O2/c1-5-14-20(18(22)7-3)16-12-10-9-11-13-17-21(15-6-2)19(23)8-4/h5-8,10,12H,1-4,9,11,13-17H2/b12-10+. The summed E-state index contributed by atoms with van der Waals surface area (Å²) in [6, 6.07) is 0. The van der Waals surface area contributed by atoms with Crippen molar-refractivity contribution in [2.75, 3.05) is 26.2 Å². The van der Waals surface area contributed by atoms with Crippen LogP contribution in [-0.2, 0) is 9.59 Å². The molecule has 0 aromatic carbocycles. The van der Waals surface area contributed by atoms with E-state index in [1.165, 1.54) is 12.2 Å². The third-order valence-electron chi connectivity index (χ3n) is 3.21. The van der Waals surface area contributed by atoms with E-state index in [0.29, 0.717) is 26.2 Å². The summed E-state index contributed by atoms with van der Waals surface area (Å²) in [6.45, 7) is 16.6. The molecule has 0 bridgehead atoms. The minimum Gasteiger partial charge on any atom is -0.335 e. The normalized spacial score (nSPS) is 10.1. The summed E-state index contributed by atoms with van der Waals surface area (Å²) in [6.07, 6.45) is 12.9. The number of unbranched alkanes of at least 4 members (excludes halogenated alkanes) is 2. The molecule has 0 fully saturated rings. The Labute approximate surface area is 140 Å². The van der Waals surface area contributed by atoms with Gasteiger partial charge < -0.3 is 9.80 Å². The van der Waals surface area contributed by atoms with Crippen molar-refractivity contribution in [2.45, 2.75) is 19.3 Å². The predicted molar refractivity (Wildman–Crippen MR) is 96.9 cm³/mol. The largest absolute Gasteiger partial charge is 0.335 e. The highest BCUT2D eigenvalue weighted by Gasteiger charge is 2.07. The van der Waals surface area contributed by atoms with Gasteiger partial charge in [-0.15, -0.1) is 13.2 Å². The summed E-state index contributed by atoms with van der Waals surface area (Å²) in [5, 5.41) is 0. The lowest BCUT2D eigenvalue weighted by Crippen LogP contribution is -2.30. The van der Waals surface area contributed by atoms with E-state index in [9.17, 15) is 9.59 Å². The quantitative estimate of drug-likeness (QED) is 0.297. The van der Waals surface area contributed by atoms with Gasteiger partial charge in [0.2, 0.25) is 11.8 Å². The molecule has 0 aromatic heterocycles. The number of allylic oxidation sites excluding steroid dienone is 1. The number of nitrogens with zero attached hydrogens (tertiary/aromatic N) is 2. The van der Waals surface area contributed by atoms with Crippen LogP contribution in [0.5, 0.6) is 0 Å². The first-order chi connectivity index (χ1) is 11.1. The zero-order chi connectivity index (χ0) is 17.5. The Bertz CT molecular complexity index is 452. The Balaban J connectivity index is 4.05. The zero-order valence-electron chi connectivity index (χ0n) is 14.0. The van der Waals surface area contributed by atoms with Gasteiger partial charge in [0.25, 0.3) is 0 Å². The third-order valence-corrected chi connectivity index (χ3v) is 3.21. The molecule has 0 saturated carbocycles. The fourth-order valence-corrected chi connectivity index (χ4v) is 2.00. The summed E-state index contributed by atoms with van der Waals surface area (Å²) in [7, 11) is 0. The van der Waals surface area contributed by atoms with Crippen LogP contribution in [0.25, 0.3) is 0 Å². The molecule has 0 spiro atoms. The maximum absolute atomic E-state index is 11.6. The first-order valence-electron chi connectivity index (χ1n) is 7.80. The van der Waals surface area contributed by atoms with Gasteiger partial charge in [0.05, 0.1) is 0 Å². The zero-order valence-corrected chi connectivity index (χ0v) is 14.0. The van der Waals surface area contributed by atoms with Crippen LogP contribution in [0.2, 0.25) is 0 Å². The maximum atomic E-state index is 11.6. The number of hydrogen-bond donors (Lipinski definition) is 0. The van der Waals surface area contributed by atoms with E-state index >= 15 is 0 Å². The summed E-state index contributed by atoms with van der Waals surface area (Å²) in [4.78, 5) is 26.5. The van der Waals surface area contributed by atoms with Crippen molar-refractivity contribution >= 4 is 11.8 Å². The molecule has 0 rings (SSSR count). The van der Waals surface area contributed by atoms with Crippen LogP contribution in [-0.4, -0.2) is 47.8 Å². The number of carbonyl (C=O) groups is 2. The smallest absolute Gasteiger partial charge is 0.246 e. The lowest BCUT2D eigenvalue weighted by Gasteiger charge is -2.19. The fraction of sp³-hybridized carbons (Fsp3) is 0.368. The van der Waals surface area contributed by atoms with Crippen molar-refractivity contribution in [2.24, 2.45) is 0 Å². The highest BCUT2D eigenvalue weighted by Crippen LogP contribution is 2.02. The lowest BCUT2D eigenvalue weighted by molar-refractivity contribution is -0.126. The van der Waals surface area contributed by atoms with E-state index in [-0.39, 0.29) is 11.8 Å². The number of amides is 2. The Morgan fingerprint density at radius 1 is 0.739 bits per heavy atom. The molecule has 0 N–H and O–H groups in total. The second kappa shape index (κ2) is 13.3. The molecule has 126 valence electrons. The van der Waals surface area contributed by atoms with Crippen molar-refractivity contribution in [3.05, 3.63) is 62.8 Å². The van der Waals surface area contributed by atoms with E-state index in [1.54, 1.807) is 22.0 Å². The van der Waals surface area contributed by atoms with Crippen LogP contribution in [0.3, 0.4) is 0 Å². The van der Waals surface area contributed by atoms with Crippen molar-refractivity contribution < 1.29 is 9.59 Å². The van der Waals surface area contributed by atoms with Gasteiger partial charge >= 0.3 is 0 Å². The molecule has 2 amide bonds. The molecule has 4 heteroatoms. The molecule has 0 aromatic rings. The Kier molecular flexibility index (Phi) is 11.9. The molecule has 0 unspecified atom stereocenters. The van der Waals surface area contributed by atoms with Gasteiger partial charge in [0, 0.05) is 26.2 Å². The van der Waals surface area contributed by atoms with Crippen molar-refractivity contribution in [1.29, 1.82) is 0 Å². The summed E-state index contributed by atoms with van der Waals surface area (Å²) < 4.78 is 0. The minimum absolute atomic E-state index is 0.0663. The molecule has 0 atom stereocenters. The summed E-state index contributed by atoms with van der Waals surface area (Å²) in [5.41, 5.74) is 0. The molecule has 23 heavy (non-hydrogen) atoms. The number of rotatable bonds is 13. The van der Waals surface area contributed by atoms with Crippen LogP contribution in [0.4, 0.5) is 0 Å². The first-order valence-corrected chi connectivity index (χ1v) is 7.80. The second-order valence-electron chi connectivity index (χ2n) is 4.98. The van der Waals surface area contributed by atoms with Crippen LogP contribution in [0, 0.1) is 0 Å². The number of hydrogen-bond acceptors (Lipinski definition) is 2. The predicted octanol–water partition coefficient (Wildman–Crippen LogP) is 3.11. The first kappa shape index (κ1) is 20.6. The van der Waals surface area contributed by atoms with Crippen molar-refractivity contribution in [1.82, 2.24) is 9.80 Å². The summed E-state index contributed by atoms with van der Waals surface area (Å²) >= 11 is 0. The molecule has 0 heterocycles. The summed E-state index contributed by atoms with van der Waals surface area (Å²) in [5.74, 6) is -0.166. The van der Waals surface area contributed by atoms with Crippen LogP contribution >= 0.6 is 0 Å². The van der Waals surface area contributed by atoms with E-state index in [4.69, 9.17) is 0 Å². The molecular weight excluding hydrogens is 288 g/mol. The van der Waals surface area contributed by atoms with Crippen molar-refractivity contribution in [3.8, 4) is 0 Å². The maximum Gasteiger partial charge on any atom is 0.246 e. The second-order valence-corrected chi connectivity index (χ2v) is 4.98. The molecular formula is C19H28N2O2. The molecule has 0 aliphatic heterocycles. The van der Waals surface area contributed by atoms with Gasteiger partial charge in [0.15, 0.2) is 0 Å². The Morgan fingerprint density at radius 2 is 1.30 bits per heavy atom. The third kappa shape index (κ3) is 9.30. The molecule has 0 aliphatic carbocycles. The van der Waals surface area contributed by atoms with Crippen LogP contribution < -0.4 is 0 Å². The average Bonchev–Trinajstić information content (AvgIpc) is 2.57. The highest BCUT2D eigenvalue weighted by molar-refractivity contribution is 5.87. The fourth-order valence-electron chi connectivity index (χ4n) is 2.00. The average molecular weight is 316 g/mol. The van der Waals surface area contributed by atoms with E-state index in [1.807, 2.05) is 6.08 Å². The van der Waals surface area contributed by atoms with Gasteiger partial charge in [-0.2, -0.15) is 0 Å². The van der Waals surface area contributed by atoms with E-state index in [2.05, 4.69) is 32.4 Å². The molecule has 0 saturated heterocycles. The number of carbonyl (C=O) groups excluding carboxylic acids is 2. The van der Waals surface area contributed by atoms with Gasteiger partial charge in [-0.1, -0.05) is 37.5 Å². The van der Waals surface area contributed by atoms with Gasteiger partial charge in [-0.25, -0.2) is 0 Å². The van der Waals surface area contributed by atoms with Crippen molar-refractivity contribution in [3.63, 3.8) is 0 Å². The monoisotopic (exact) mass is 316 g/mol. The van der Waals surface area contributed by atoms with Gasteiger partial charge in [-0.05, 0) is 31.4 Å². The van der Waals surface area contributed by atoms with Gasteiger partial charge in [0.1, 0.15) is 0 Å².